The van der Waals surface area contributed by atoms with E-state index in [-0.39, 0.29) is 6.04 Å². The maximum Gasteiger partial charge on any atom is 0.219 e. The van der Waals surface area contributed by atoms with Gasteiger partial charge in [-0.2, -0.15) is 0 Å². The Labute approximate surface area is 111 Å². The number of pyridine rings is 1. The summed E-state index contributed by atoms with van der Waals surface area (Å²) < 4.78 is 5.80. The van der Waals surface area contributed by atoms with Crippen molar-refractivity contribution in [1.82, 2.24) is 4.98 Å². The van der Waals surface area contributed by atoms with E-state index in [1.54, 1.807) is 18.0 Å². The molecule has 1 heterocycles. The van der Waals surface area contributed by atoms with E-state index in [0.29, 0.717) is 5.88 Å². The van der Waals surface area contributed by atoms with Crippen molar-refractivity contribution >= 4 is 11.8 Å². The molecule has 2 rings (SSSR count). The zero-order valence-corrected chi connectivity index (χ0v) is 11.3. The molecule has 0 saturated carbocycles. The lowest BCUT2D eigenvalue weighted by atomic mass is 10.1. The van der Waals surface area contributed by atoms with E-state index in [0.717, 1.165) is 16.2 Å². The maximum absolute atomic E-state index is 5.84. The van der Waals surface area contributed by atoms with Crippen molar-refractivity contribution in [2.24, 2.45) is 5.73 Å². The van der Waals surface area contributed by atoms with Crippen LogP contribution in [0, 0.1) is 0 Å². The van der Waals surface area contributed by atoms with E-state index in [1.165, 1.54) is 0 Å². The topological polar surface area (TPSA) is 48.1 Å². The van der Waals surface area contributed by atoms with Gasteiger partial charge in [-0.25, -0.2) is 4.98 Å². The van der Waals surface area contributed by atoms with E-state index in [9.17, 15) is 0 Å². The number of hydrogen-bond donors (Lipinski definition) is 1. The Morgan fingerprint density at radius 3 is 2.78 bits per heavy atom. The largest absolute Gasteiger partial charge is 0.438 e. The molecule has 0 bridgehead atoms. The summed E-state index contributed by atoms with van der Waals surface area (Å²) in [6.45, 7) is 1.94. The van der Waals surface area contributed by atoms with E-state index < -0.39 is 0 Å². The molecule has 0 fully saturated rings. The predicted octanol–water partition coefficient (Wildman–Crippen LogP) is 3.62. The van der Waals surface area contributed by atoms with Gasteiger partial charge in [-0.3, -0.25) is 0 Å². The number of ether oxygens (including phenoxy) is 1. The Kier molecular flexibility index (Phi) is 4.23. The lowest BCUT2D eigenvalue weighted by Gasteiger charge is -2.10. The molecule has 0 aliphatic heterocycles. The number of aromatic nitrogens is 1. The van der Waals surface area contributed by atoms with E-state index in [4.69, 9.17) is 10.5 Å². The van der Waals surface area contributed by atoms with Gasteiger partial charge in [0.05, 0.1) is 0 Å². The lowest BCUT2D eigenvalue weighted by molar-refractivity contribution is 0.451. The van der Waals surface area contributed by atoms with E-state index in [1.807, 2.05) is 49.6 Å². The van der Waals surface area contributed by atoms with Gasteiger partial charge in [0.1, 0.15) is 5.75 Å². The van der Waals surface area contributed by atoms with Crippen molar-refractivity contribution in [2.45, 2.75) is 17.9 Å². The summed E-state index contributed by atoms with van der Waals surface area (Å²) in [5, 5.41) is 0. The normalized spacial score (nSPS) is 12.2. The number of para-hydroxylation sites is 1. The zero-order valence-electron chi connectivity index (χ0n) is 10.5. The number of thioether (sulfide) groups is 1. The van der Waals surface area contributed by atoms with Crippen LogP contribution >= 0.6 is 11.8 Å². The number of hydrogen-bond acceptors (Lipinski definition) is 4. The smallest absolute Gasteiger partial charge is 0.219 e. The van der Waals surface area contributed by atoms with Gasteiger partial charge in [0.2, 0.25) is 5.88 Å². The molecule has 2 aromatic rings. The van der Waals surface area contributed by atoms with Gasteiger partial charge in [-0.05, 0) is 36.9 Å². The summed E-state index contributed by atoms with van der Waals surface area (Å²) in [6, 6.07) is 11.7. The number of rotatable bonds is 4. The second-order valence-corrected chi connectivity index (χ2v) is 4.82. The third-order valence-corrected chi connectivity index (χ3v) is 3.35. The molecule has 3 nitrogen and oxygen atoms in total. The predicted molar refractivity (Wildman–Crippen MR) is 75.1 cm³/mol. The SMILES string of the molecule is CSc1ccccc1Oc1cc([C@@H](C)N)ccn1. The molecule has 0 aliphatic rings. The average Bonchev–Trinajstić information content (AvgIpc) is 2.39. The summed E-state index contributed by atoms with van der Waals surface area (Å²) in [6.07, 6.45) is 3.74. The first-order valence-corrected chi connectivity index (χ1v) is 6.95. The molecule has 0 unspecified atom stereocenters. The van der Waals surface area contributed by atoms with Crippen LogP contribution in [-0.2, 0) is 0 Å². The zero-order chi connectivity index (χ0) is 13.0. The summed E-state index contributed by atoms with van der Waals surface area (Å²) in [7, 11) is 0. The van der Waals surface area contributed by atoms with Gasteiger partial charge in [0, 0.05) is 23.2 Å². The molecule has 18 heavy (non-hydrogen) atoms. The van der Waals surface area contributed by atoms with Crippen LogP contribution in [0.15, 0.2) is 47.5 Å². The molecular weight excluding hydrogens is 244 g/mol. The number of nitrogens with zero attached hydrogens (tertiary/aromatic N) is 1. The highest BCUT2D eigenvalue weighted by molar-refractivity contribution is 7.98. The van der Waals surface area contributed by atoms with Crippen LogP contribution in [-0.4, -0.2) is 11.2 Å². The van der Waals surface area contributed by atoms with E-state index >= 15 is 0 Å². The van der Waals surface area contributed by atoms with Crippen molar-refractivity contribution in [1.29, 1.82) is 0 Å². The molecule has 94 valence electrons. The maximum atomic E-state index is 5.84. The molecule has 1 aromatic carbocycles. The molecule has 0 saturated heterocycles. The van der Waals surface area contributed by atoms with Gasteiger partial charge < -0.3 is 10.5 Å². The molecule has 0 radical (unpaired) electrons. The highest BCUT2D eigenvalue weighted by Crippen LogP contribution is 2.30. The Morgan fingerprint density at radius 1 is 1.28 bits per heavy atom. The van der Waals surface area contributed by atoms with Crippen LogP contribution in [0.25, 0.3) is 0 Å². The van der Waals surface area contributed by atoms with Crippen molar-refractivity contribution < 1.29 is 4.74 Å². The molecular formula is C14H16N2OS. The Morgan fingerprint density at radius 2 is 2.06 bits per heavy atom. The van der Waals surface area contributed by atoms with Crippen molar-refractivity contribution in [2.75, 3.05) is 6.26 Å². The van der Waals surface area contributed by atoms with Gasteiger partial charge in [-0.15, -0.1) is 11.8 Å². The second kappa shape index (κ2) is 5.89. The van der Waals surface area contributed by atoms with Crippen LogP contribution in [0.5, 0.6) is 11.6 Å². The molecule has 0 amide bonds. The third-order valence-electron chi connectivity index (χ3n) is 2.57. The molecule has 4 heteroatoms. The van der Waals surface area contributed by atoms with Crippen molar-refractivity contribution in [3.63, 3.8) is 0 Å². The first-order valence-electron chi connectivity index (χ1n) is 5.73. The van der Waals surface area contributed by atoms with Crippen LogP contribution in [0.4, 0.5) is 0 Å². The molecule has 2 N–H and O–H groups in total. The van der Waals surface area contributed by atoms with Gasteiger partial charge in [-0.1, -0.05) is 12.1 Å². The molecule has 0 aliphatic carbocycles. The fourth-order valence-corrected chi connectivity index (χ4v) is 2.11. The fraction of sp³-hybridized carbons (Fsp3) is 0.214. The highest BCUT2D eigenvalue weighted by Gasteiger charge is 2.06. The minimum Gasteiger partial charge on any atom is -0.438 e. The van der Waals surface area contributed by atoms with Gasteiger partial charge in [0.25, 0.3) is 0 Å². The lowest BCUT2D eigenvalue weighted by Crippen LogP contribution is -2.05. The minimum absolute atomic E-state index is 0.0221. The third kappa shape index (κ3) is 3.03. The summed E-state index contributed by atoms with van der Waals surface area (Å²) in [4.78, 5) is 5.29. The van der Waals surface area contributed by atoms with Crippen LogP contribution in [0.2, 0.25) is 0 Å². The summed E-state index contributed by atoms with van der Waals surface area (Å²) in [5.74, 6) is 1.39. The Hall–Kier alpha value is -1.52. The average molecular weight is 260 g/mol. The second-order valence-electron chi connectivity index (χ2n) is 3.97. The first kappa shape index (κ1) is 12.9. The Balaban J connectivity index is 2.25. The Bertz CT molecular complexity index is 529. The first-order chi connectivity index (χ1) is 8.70. The van der Waals surface area contributed by atoms with Crippen molar-refractivity contribution in [3.8, 4) is 11.6 Å². The minimum atomic E-state index is -0.0221. The van der Waals surface area contributed by atoms with Crippen LogP contribution < -0.4 is 10.5 Å². The standard InChI is InChI=1S/C14H16N2OS/c1-10(15)11-7-8-16-14(9-11)17-12-5-3-4-6-13(12)18-2/h3-10H,15H2,1-2H3/t10-/m1/s1. The monoisotopic (exact) mass is 260 g/mol. The number of nitrogens with two attached hydrogens (primary N) is 1. The van der Waals surface area contributed by atoms with Gasteiger partial charge in [0.15, 0.2) is 0 Å². The van der Waals surface area contributed by atoms with Crippen LogP contribution in [0.1, 0.15) is 18.5 Å². The van der Waals surface area contributed by atoms with Crippen LogP contribution in [0.3, 0.4) is 0 Å². The molecule has 1 aromatic heterocycles. The summed E-state index contributed by atoms with van der Waals surface area (Å²) >= 11 is 1.65. The highest BCUT2D eigenvalue weighted by atomic mass is 32.2. The molecule has 1 atom stereocenters. The molecule has 0 spiro atoms. The quantitative estimate of drug-likeness (QED) is 0.853. The van der Waals surface area contributed by atoms with E-state index in [2.05, 4.69) is 4.98 Å². The number of benzene rings is 1. The van der Waals surface area contributed by atoms with Gasteiger partial charge >= 0.3 is 0 Å². The van der Waals surface area contributed by atoms with Crippen molar-refractivity contribution in [3.05, 3.63) is 48.2 Å². The summed E-state index contributed by atoms with van der Waals surface area (Å²) in [5.41, 5.74) is 6.86. The fourth-order valence-electron chi connectivity index (χ4n) is 1.58.